The first-order chi connectivity index (χ1) is 13.4. The highest BCUT2D eigenvalue weighted by Gasteiger charge is 2.68. The van der Waals surface area contributed by atoms with E-state index in [0.717, 1.165) is 12.0 Å². The van der Waals surface area contributed by atoms with Gasteiger partial charge in [-0.3, -0.25) is 9.79 Å². The molecule has 0 aliphatic carbocycles. The third kappa shape index (κ3) is 2.16. The maximum Gasteiger partial charge on any atom is 0.337 e. The van der Waals surface area contributed by atoms with E-state index in [2.05, 4.69) is 0 Å². The summed E-state index contributed by atoms with van der Waals surface area (Å²) in [7, 11) is 2.52. The Balaban J connectivity index is 2.04. The van der Waals surface area contributed by atoms with Crippen molar-refractivity contribution in [1.29, 1.82) is 0 Å². The van der Waals surface area contributed by atoms with Crippen LogP contribution in [0.25, 0.3) is 0 Å². The van der Waals surface area contributed by atoms with Gasteiger partial charge in [-0.05, 0) is 25.3 Å². The van der Waals surface area contributed by atoms with Gasteiger partial charge in [0, 0.05) is 18.7 Å². The standard InChI is InChI=1S/C21H22N2O5/c1-13-21-10-7-11-23(21)19(26)20(22-13,12-14-8-5-4-6-9-14)15(17(24)27-2)16(21)18(25)28-3/h4-6,8-9H,7,10-12H2,1-3H3. The number of ether oxygens (including phenoxy) is 2. The molecular formula is C21H22N2O5. The molecule has 4 heterocycles. The maximum absolute atomic E-state index is 13.6. The number of carbonyl (C=O) groups is 3. The molecule has 1 fully saturated rings. The van der Waals surface area contributed by atoms with Crippen LogP contribution in [0.1, 0.15) is 25.3 Å². The number of hydrogen-bond acceptors (Lipinski definition) is 6. The van der Waals surface area contributed by atoms with E-state index in [1.807, 2.05) is 37.3 Å². The minimum absolute atomic E-state index is 0.0134. The Kier molecular flexibility index (Phi) is 4.14. The second kappa shape index (κ2) is 6.29. The van der Waals surface area contributed by atoms with E-state index in [1.165, 1.54) is 14.2 Å². The van der Waals surface area contributed by atoms with E-state index in [9.17, 15) is 14.4 Å². The Hall–Kier alpha value is -2.96. The molecule has 0 aromatic heterocycles. The van der Waals surface area contributed by atoms with Crippen LogP contribution in [-0.2, 0) is 30.3 Å². The fourth-order valence-electron chi connectivity index (χ4n) is 4.98. The molecule has 0 radical (unpaired) electrons. The number of hydrogen-bond donors (Lipinski definition) is 0. The average Bonchev–Trinajstić information content (AvgIpc) is 3.15. The summed E-state index contributed by atoms with van der Waals surface area (Å²) in [4.78, 5) is 45.9. The molecule has 0 saturated carbocycles. The molecule has 146 valence electrons. The Morgan fingerprint density at radius 3 is 2.39 bits per heavy atom. The van der Waals surface area contributed by atoms with E-state index in [0.29, 0.717) is 18.7 Å². The van der Waals surface area contributed by atoms with Gasteiger partial charge in [0.2, 0.25) is 0 Å². The lowest BCUT2D eigenvalue weighted by molar-refractivity contribution is -0.149. The second-order valence-corrected chi connectivity index (χ2v) is 7.37. The molecule has 7 nitrogen and oxygen atoms in total. The van der Waals surface area contributed by atoms with Crippen LogP contribution in [-0.4, -0.2) is 60.3 Å². The van der Waals surface area contributed by atoms with E-state index in [4.69, 9.17) is 14.5 Å². The summed E-state index contributed by atoms with van der Waals surface area (Å²) in [5, 5.41) is 0. The highest BCUT2D eigenvalue weighted by molar-refractivity contribution is 6.22. The van der Waals surface area contributed by atoms with Gasteiger partial charge in [-0.2, -0.15) is 0 Å². The summed E-state index contributed by atoms with van der Waals surface area (Å²) >= 11 is 0. The molecule has 4 aliphatic rings. The van der Waals surface area contributed by atoms with Gasteiger partial charge in [-0.1, -0.05) is 30.3 Å². The zero-order chi connectivity index (χ0) is 20.1. The van der Waals surface area contributed by atoms with Crippen LogP contribution < -0.4 is 0 Å². The smallest absolute Gasteiger partial charge is 0.337 e. The van der Waals surface area contributed by atoms with Crippen LogP contribution in [0, 0.1) is 0 Å². The SMILES string of the molecule is COC(=O)C1=C(C(=O)OC)C23CCCN2C(=O)C1(Cc1ccccc1)N=C3C. The number of carbonyl (C=O) groups excluding carboxylic acids is 3. The number of benzene rings is 1. The molecule has 0 N–H and O–H groups in total. The zero-order valence-corrected chi connectivity index (χ0v) is 16.2. The van der Waals surface area contributed by atoms with Gasteiger partial charge in [0.1, 0.15) is 5.54 Å². The van der Waals surface area contributed by atoms with Gasteiger partial charge in [-0.15, -0.1) is 0 Å². The molecule has 28 heavy (non-hydrogen) atoms. The molecule has 1 aromatic rings. The predicted molar refractivity (Wildman–Crippen MR) is 101 cm³/mol. The number of dihydropyridines is 1. The quantitative estimate of drug-likeness (QED) is 0.736. The fraction of sp³-hybridized carbons (Fsp3) is 0.429. The maximum atomic E-state index is 13.6. The van der Waals surface area contributed by atoms with Gasteiger partial charge < -0.3 is 14.4 Å². The molecule has 1 spiro atoms. The summed E-state index contributed by atoms with van der Waals surface area (Å²) in [6, 6.07) is 9.35. The van der Waals surface area contributed by atoms with Crippen LogP contribution >= 0.6 is 0 Å². The van der Waals surface area contributed by atoms with Gasteiger partial charge in [0.25, 0.3) is 5.91 Å². The highest BCUT2D eigenvalue weighted by atomic mass is 16.5. The van der Waals surface area contributed by atoms with E-state index in [1.54, 1.807) is 4.90 Å². The van der Waals surface area contributed by atoms with Crippen molar-refractivity contribution >= 4 is 23.6 Å². The Morgan fingerprint density at radius 2 is 1.75 bits per heavy atom. The topological polar surface area (TPSA) is 85.3 Å². The summed E-state index contributed by atoms with van der Waals surface area (Å²) in [6.45, 7) is 2.33. The molecular weight excluding hydrogens is 360 g/mol. The van der Waals surface area contributed by atoms with Gasteiger partial charge in [0.15, 0.2) is 5.54 Å². The Labute approximate surface area is 163 Å². The van der Waals surface area contributed by atoms with Crippen LogP contribution in [0.15, 0.2) is 46.5 Å². The van der Waals surface area contributed by atoms with Crippen molar-refractivity contribution in [2.75, 3.05) is 20.8 Å². The lowest BCUT2D eigenvalue weighted by atomic mass is 9.65. The minimum Gasteiger partial charge on any atom is -0.466 e. The molecule has 1 saturated heterocycles. The first kappa shape index (κ1) is 18.4. The summed E-state index contributed by atoms with van der Waals surface area (Å²) in [6.07, 6.45) is 1.41. The molecule has 2 unspecified atom stereocenters. The summed E-state index contributed by atoms with van der Waals surface area (Å²) in [5.74, 6) is -1.59. The van der Waals surface area contributed by atoms with Crippen LogP contribution in [0.5, 0.6) is 0 Å². The summed E-state index contributed by atoms with van der Waals surface area (Å²) < 4.78 is 10.1. The summed E-state index contributed by atoms with van der Waals surface area (Å²) in [5.41, 5.74) is -0.831. The molecule has 2 bridgehead atoms. The monoisotopic (exact) mass is 382 g/mol. The van der Waals surface area contributed by atoms with Crippen LogP contribution in [0.4, 0.5) is 0 Å². The lowest BCUT2D eigenvalue weighted by Crippen LogP contribution is -2.71. The van der Waals surface area contributed by atoms with Crippen molar-refractivity contribution in [3.05, 3.63) is 47.0 Å². The molecule has 2 atom stereocenters. The predicted octanol–water partition coefficient (Wildman–Crippen LogP) is 1.46. The van der Waals surface area contributed by atoms with Crippen LogP contribution in [0.2, 0.25) is 0 Å². The highest BCUT2D eigenvalue weighted by Crippen LogP contribution is 2.53. The first-order valence-corrected chi connectivity index (χ1v) is 9.27. The van der Waals surface area contributed by atoms with Crippen molar-refractivity contribution in [3.63, 3.8) is 0 Å². The van der Waals surface area contributed by atoms with Crippen molar-refractivity contribution in [2.24, 2.45) is 4.99 Å². The number of esters is 2. The van der Waals surface area contributed by atoms with Crippen molar-refractivity contribution < 1.29 is 23.9 Å². The van der Waals surface area contributed by atoms with Gasteiger partial charge >= 0.3 is 11.9 Å². The van der Waals surface area contributed by atoms with E-state index in [-0.39, 0.29) is 23.5 Å². The number of amides is 1. The van der Waals surface area contributed by atoms with E-state index < -0.39 is 23.0 Å². The normalized spacial score (nSPS) is 28.2. The van der Waals surface area contributed by atoms with Crippen LogP contribution in [0.3, 0.4) is 0 Å². The molecule has 1 amide bonds. The fourth-order valence-corrected chi connectivity index (χ4v) is 4.98. The second-order valence-electron chi connectivity index (χ2n) is 7.37. The van der Waals surface area contributed by atoms with Crippen molar-refractivity contribution in [3.8, 4) is 0 Å². The average molecular weight is 382 g/mol. The minimum atomic E-state index is -1.52. The van der Waals surface area contributed by atoms with E-state index >= 15 is 0 Å². The molecule has 5 rings (SSSR count). The number of methoxy groups -OCH3 is 2. The Morgan fingerprint density at radius 1 is 1.11 bits per heavy atom. The first-order valence-electron chi connectivity index (χ1n) is 9.27. The Bertz CT molecular complexity index is 935. The molecule has 1 aromatic carbocycles. The number of aliphatic imine (C=N–C) groups is 1. The molecule has 7 heteroatoms. The number of nitrogens with zero attached hydrogens (tertiary/aromatic N) is 2. The number of rotatable bonds is 4. The third-order valence-corrected chi connectivity index (χ3v) is 6.10. The lowest BCUT2D eigenvalue weighted by Gasteiger charge is -2.54. The third-order valence-electron chi connectivity index (χ3n) is 6.10. The van der Waals surface area contributed by atoms with Gasteiger partial charge in [-0.25, -0.2) is 9.59 Å². The van der Waals surface area contributed by atoms with Crippen molar-refractivity contribution in [1.82, 2.24) is 4.90 Å². The largest absolute Gasteiger partial charge is 0.466 e. The van der Waals surface area contributed by atoms with Gasteiger partial charge in [0.05, 0.1) is 25.4 Å². The molecule has 4 aliphatic heterocycles. The van der Waals surface area contributed by atoms with Crippen molar-refractivity contribution in [2.45, 2.75) is 37.3 Å². The zero-order valence-electron chi connectivity index (χ0n) is 16.2.